The Morgan fingerprint density at radius 2 is 1.96 bits per heavy atom. The predicted molar refractivity (Wildman–Crippen MR) is 108 cm³/mol. The van der Waals surface area contributed by atoms with Gasteiger partial charge in [-0.3, -0.25) is 4.79 Å². The summed E-state index contributed by atoms with van der Waals surface area (Å²) in [6.45, 7) is 1.92. The molecular formula is C19H21NO6S2. The standard InChI is InChI=1S/C19H21NO6S2/c1-3-26-19(22)17-15(20-18(21)13-8-9-28(23,24)11-13)10-16(27-17)12-4-6-14(25-2)7-5-12/h4-7,10,13H,3,8-9,11H2,1-2H3,(H,20,21)/t13-/m0/s1. The van der Waals surface area contributed by atoms with E-state index in [1.54, 1.807) is 32.2 Å². The number of anilines is 1. The number of carbonyl (C=O) groups is 2. The zero-order valence-corrected chi connectivity index (χ0v) is 17.2. The maximum Gasteiger partial charge on any atom is 0.350 e. The van der Waals surface area contributed by atoms with Gasteiger partial charge in [0.25, 0.3) is 0 Å². The van der Waals surface area contributed by atoms with Crippen molar-refractivity contribution in [3.8, 4) is 16.2 Å². The van der Waals surface area contributed by atoms with Crippen LogP contribution in [0.3, 0.4) is 0 Å². The van der Waals surface area contributed by atoms with Crippen molar-refractivity contribution in [2.24, 2.45) is 5.92 Å². The normalized spacial score (nSPS) is 17.9. The van der Waals surface area contributed by atoms with E-state index in [9.17, 15) is 18.0 Å². The Morgan fingerprint density at radius 1 is 1.25 bits per heavy atom. The van der Waals surface area contributed by atoms with Crippen LogP contribution < -0.4 is 10.1 Å². The van der Waals surface area contributed by atoms with Gasteiger partial charge in [0.05, 0.1) is 36.8 Å². The molecule has 9 heteroatoms. The molecule has 1 saturated heterocycles. The first kappa shape index (κ1) is 20.3. The number of ether oxygens (including phenoxy) is 2. The zero-order valence-electron chi connectivity index (χ0n) is 15.6. The van der Waals surface area contributed by atoms with Crippen molar-refractivity contribution in [3.63, 3.8) is 0 Å². The summed E-state index contributed by atoms with van der Waals surface area (Å²) in [6.07, 6.45) is 0.290. The van der Waals surface area contributed by atoms with Crippen molar-refractivity contribution in [2.45, 2.75) is 13.3 Å². The maximum absolute atomic E-state index is 12.5. The van der Waals surface area contributed by atoms with Crippen molar-refractivity contribution in [3.05, 3.63) is 35.2 Å². The van der Waals surface area contributed by atoms with Gasteiger partial charge in [-0.05, 0) is 49.2 Å². The third kappa shape index (κ3) is 4.53. The van der Waals surface area contributed by atoms with Crippen LogP contribution in [0.4, 0.5) is 5.69 Å². The quantitative estimate of drug-likeness (QED) is 0.717. The van der Waals surface area contributed by atoms with Crippen molar-refractivity contribution in [1.29, 1.82) is 0 Å². The first-order chi connectivity index (χ1) is 13.3. The van der Waals surface area contributed by atoms with E-state index in [-0.39, 0.29) is 23.0 Å². The summed E-state index contributed by atoms with van der Waals surface area (Å²) in [7, 11) is -1.59. The molecule has 28 heavy (non-hydrogen) atoms. The summed E-state index contributed by atoms with van der Waals surface area (Å²) < 4.78 is 33.5. The number of methoxy groups -OCH3 is 1. The lowest BCUT2D eigenvalue weighted by Gasteiger charge is -2.09. The minimum atomic E-state index is -3.17. The molecule has 1 atom stereocenters. The Labute approximate surface area is 167 Å². The molecule has 1 aromatic carbocycles. The molecule has 0 spiro atoms. The highest BCUT2D eigenvalue weighted by Gasteiger charge is 2.33. The van der Waals surface area contributed by atoms with Gasteiger partial charge >= 0.3 is 5.97 Å². The number of amides is 1. The van der Waals surface area contributed by atoms with Crippen molar-refractivity contribution >= 4 is 38.7 Å². The lowest BCUT2D eigenvalue weighted by atomic mass is 10.1. The highest BCUT2D eigenvalue weighted by Crippen LogP contribution is 2.36. The lowest BCUT2D eigenvalue weighted by Crippen LogP contribution is -2.24. The Bertz CT molecular complexity index is 978. The molecule has 7 nitrogen and oxygen atoms in total. The molecule has 1 amide bonds. The SMILES string of the molecule is CCOC(=O)c1sc(-c2ccc(OC)cc2)cc1NC(=O)[C@H]1CCS(=O)(=O)C1. The van der Waals surface area contributed by atoms with Crippen LogP contribution in [0, 0.1) is 5.92 Å². The molecule has 1 aliphatic heterocycles. The Hall–Kier alpha value is -2.39. The van der Waals surface area contributed by atoms with E-state index in [2.05, 4.69) is 5.32 Å². The van der Waals surface area contributed by atoms with E-state index in [0.29, 0.717) is 17.9 Å². The predicted octanol–water partition coefficient (Wildman–Crippen LogP) is 2.97. The first-order valence-electron chi connectivity index (χ1n) is 8.79. The Balaban J connectivity index is 1.88. The highest BCUT2D eigenvalue weighted by molar-refractivity contribution is 7.91. The number of hydrogen-bond acceptors (Lipinski definition) is 7. The van der Waals surface area contributed by atoms with Crippen LogP contribution in [0.25, 0.3) is 10.4 Å². The highest BCUT2D eigenvalue weighted by atomic mass is 32.2. The number of esters is 1. The molecular weight excluding hydrogens is 402 g/mol. The van der Waals surface area contributed by atoms with Gasteiger partial charge in [-0.1, -0.05) is 0 Å². The molecule has 0 aliphatic carbocycles. The van der Waals surface area contributed by atoms with Crippen LogP contribution >= 0.6 is 11.3 Å². The number of benzene rings is 1. The third-order valence-corrected chi connectivity index (χ3v) is 7.36. The van der Waals surface area contributed by atoms with Gasteiger partial charge in [-0.2, -0.15) is 0 Å². The summed E-state index contributed by atoms with van der Waals surface area (Å²) >= 11 is 1.21. The van der Waals surface area contributed by atoms with Crippen molar-refractivity contribution < 1.29 is 27.5 Å². The molecule has 0 bridgehead atoms. The molecule has 3 rings (SSSR count). The molecule has 0 unspecified atom stereocenters. The summed E-state index contributed by atoms with van der Waals surface area (Å²) in [5.74, 6) is -0.974. The largest absolute Gasteiger partial charge is 0.497 e. The topological polar surface area (TPSA) is 98.8 Å². The molecule has 150 valence electrons. The number of carbonyl (C=O) groups excluding carboxylic acids is 2. The second-order valence-electron chi connectivity index (χ2n) is 6.39. The van der Waals surface area contributed by atoms with Gasteiger partial charge in [0.2, 0.25) is 5.91 Å². The van der Waals surface area contributed by atoms with Crippen LogP contribution in [-0.4, -0.2) is 45.5 Å². The molecule has 1 fully saturated rings. The minimum Gasteiger partial charge on any atom is -0.497 e. The zero-order chi connectivity index (χ0) is 20.3. The fourth-order valence-electron chi connectivity index (χ4n) is 2.97. The van der Waals surface area contributed by atoms with Gasteiger partial charge in [0.1, 0.15) is 10.6 Å². The second-order valence-corrected chi connectivity index (χ2v) is 9.67. The molecule has 1 aromatic heterocycles. The molecule has 0 radical (unpaired) electrons. The number of rotatable bonds is 6. The number of nitrogens with one attached hydrogen (secondary N) is 1. The monoisotopic (exact) mass is 423 g/mol. The van der Waals surface area contributed by atoms with Gasteiger partial charge in [-0.25, -0.2) is 13.2 Å². The average Bonchev–Trinajstić information content (AvgIpc) is 3.25. The van der Waals surface area contributed by atoms with Crippen molar-refractivity contribution in [2.75, 3.05) is 30.5 Å². The van der Waals surface area contributed by atoms with Crippen LogP contribution in [0.5, 0.6) is 5.75 Å². The summed E-state index contributed by atoms with van der Waals surface area (Å²) in [5.41, 5.74) is 1.20. The smallest absolute Gasteiger partial charge is 0.350 e. The lowest BCUT2D eigenvalue weighted by molar-refractivity contribution is -0.119. The number of thiophene rings is 1. The van der Waals surface area contributed by atoms with Crippen LogP contribution in [-0.2, 0) is 19.4 Å². The van der Waals surface area contributed by atoms with Crippen LogP contribution in [0.15, 0.2) is 30.3 Å². The van der Waals surface area contributed by atoms with E-state index in [1.165, 1.54) is 11.3 Å². The molecule has 0 saturated carbocycles. The third-order valence-electron chi connectivity index (χ3n) is 4.43. The average molecular weight is 424 g/mol. The summed E-state index contributed by atoms with van der Waals surface area (Å²) in [6, 6.07) is 9.03. The van der Waals surface area contributed by atoms with Crippen LogP contribution in [0.2, 0.25) is 0 Å². The van der Waals surface area contributed by atoms with E-state index < -0.39 is 27.6 Å². The minimum absolute atomic E-state index is 0.0105. The van der Waals surface area contributed by atoms with Gasteiger partial charge in [0, 0.05) is 4.88 Å². The molecule has 1 aliphatic rings. The molecule has 1 N–H and O–H groups in total. The number of hydrogen-bond donors (Lipinski definition) is 1. The van der Waals surface area contributed by atoms with Gasteiger partial charge in [0.15, 0.2) is 9.84 Å². The van der Waals surface area contributed by atoms with Crippen LogP contribution in [0.1, 0.15) is 23.0 Å². The second kappa shape index (κ2) is 8.32. The first-order valence-corrected chi connectivity index (χ1v) is 11.4. The maximum atomic E-state index is 12.5. The Morgan fingerprint density at radius 3 is 2.54 bits per heavy atom. The molecule has 2 heterocycles. The fraction of sp³-hybridized carbons (Fsp3) is 0.368. The van der Waals surface area contributed by atoms with Crippen molar-refractivity contribution in [1.82, 2.24) is 0 Å². The van der Waals surface area contributed by atoms with E-state index in [0.717, 1.165) is 10.4 Å². The van der Waals surface area contributed by atoms with Gasteiger partial charge < -0.3 is 14.8 Å². The van der Waals surface area contributed by atoms with E-state index >= 15 is 0 Å². The fourth-order valence-corrected chi connectivity index (χ4v) is 5.72. The van der Waals surface area contributed by atoms with Gasteiger partial charge in [-0.15, -0.1) is 11.3 Å². The Kier molecular flexibility index (Phi) is 6.04. The summed E-state index contributed by atoms with van der Waals surface area (Å²) in [4.78, 5) is 25.9. The summed E-state index contributed by atoms with van der Waals surface area (Å²) in [5, 5.41) is 2.72. The van der Waals surface area contributed by atoms with E-state index in [4.69, 9.17) is 9.47 Å². The number of sulfone groups is 1. The molecule has 2 aromatic rings. The van der Waals surface area contributed by atoms with E-state index in [1.807, 2.05) is 12.1 Å².